The Morgan fingerprint density at radius 2 is 1.75 bits per heavy atom. The lowest BCUT2D eigenvalue weighted by Crippen LogP contribution is -2.39. The van der Waals surface area contributed by atoms with Crippen molar-refractivity contribution >= 4 is 11.6 Å². The number of benzene rings is 1. The number of anilines is 1. The van der Waals surface area contributed by atoms with Crippen LogP contribution in [0.4, 0.5) is 23.2 Å². The van der Waals surface area contributed by atoms with E-state index in [1.807, 2.05) is 0 Å². The van der Waals surface area contributed by atoms with E-state index in [0.29, 0.717) is 5.01 Å². The third kappa shape index (κ3) is 3.50. The molecule has 1 aromatic rings. The number of nitrogens with zero attached hydrogens (tertiary/aromatic N) is 1. The molecule has 0 saturated heterocycles. The van der Waals surface area contributed by atoms with Crippen LogP contribution in [-0.2, 0) is 4.79 Å². The van der Waals surface area contributed by atoms with E-state index in [-0.39, 0.29) is 5.69 Å². The molecule has 3 nitrogen and oxygen atoms in total. The molecule has 0 aliphatic carbocycles. The Bertz CT molecular complexity index is 374. The van der Waals surface area contributed by atoms with Crippen LogP contribution < -0.4 is 10.9 Å². The van der Waals surface area contributed by atoms with Gasteiger partial charge in [-0.3, -0.25) is 4.79 Å². The van der Waals surface area contributed by atoms with Crippen molar-refractivity contribution in [3.05, 3.63) is 30.1 Å². The highest BCUT2D eigenvalue weighted by Crippen LogP contribution is 2.22. The van der Waals surface area contributed by atoms with Gasteiger partial charge in [-0.05, 0) is 24.3 Å². The molecule has 0 fully saturated rings. The van der Waals surface area contributed by atoms with E-state index in [4.69, 9.17) is 5.84 Å². The van der Waals surface area contributed by atoms with E-state index < -0.39 is 24.3 Å². The lowest BCUT2D eigenvalue weighted by molar-refractivity contribution is -0.151. The number of hydrogen-bond acceptors (Lipinski definition) is 2. The van der Waals surface area contributed by atoms with Gasteiger partial charge in [0.1, 0.15) is 12.2 Å². The summed E-state index contributed by atoms with van der Waals surface area (Å²) in [5.41, 5.74) is -0.00403. The highest BCUT2D eigenvalue weighted by atomic mass is 19.4. The number of hydrazine groups is 1. The van der Waals surface area contributed by atoms with Gasteiger partial charge in [0.25, 0.3) is 0 Å². The first-order valence-electron chi connectivity index (χ1n) is 4.19. The minimum absolute atomic E-state index is 0.00403. The maximum Gasteiger partial charge on any atom is 0.397 e. The lowest BCUT2D eigenvalue weighted by Gasteiger charge is -2.17. The Labute approximate surface area is 88.4 Å². The second-order valence-electron chi connectivity index (χ2n) is 3.03. The summed E-state index contributed by atoms with van der Waals surface area (Å²) in [4.78, 5) is 11.0. The fourth-order valence-corrected chi connectivity index (χ4v) is 1.00. The number of carbonyl (C=O) groups is 1. The van der Waals surface area contributed by atoms with Crippen LogP contribution >= 0.6 is 0 Å². The van der Waals surface area contributed by atoms with Gasteiger partial charge in [-0.25, -0.2) is 15.2 Å². The second-order valence-corrected chi connectivity index (χ2v) is 3.03. The smallest absolute Gasteiger partial charge is 0.273 e. The summed E-state index contributed by atoms with van der Waals surface area (Å²) in [6.07, 6.45) is -6.27. The first-order chi connectivity index (χ1) is 7.29. The average molecular weight is 236 g/mol. The summed E-state index contributed by atoms with van der Waals surface area (Å²) in [5, 5.41) is 0.340. The Morgan fingerprint density at radius 3 is 2.19 bits per heavy atom. The van der Waals surface area contributed by atoms with E-state index in [2.05, 4.69) is 0 Å². The first kappa shape index (κ1) is 12.4. The van der Waals surface area contributed by atoms with Gasteiger partial charge < -0.3 is 0 Å². The molecule has 7 heteroatoms. The predicted molar refractivity (Wildman–Crippen MR) is 48.7 cm³/mol. The number of amides is 1. The monoisotopic (exact) mass is 236 g/mol. The highest BCUT2D eigenvalue weighted by Gasteiger charge is 2.33. The molecule has 1 amide bonds. The van der Waals surface area contributed by atoms with Gasteiger partial charge in [-0.2, -0.15) is 13.2 Å². The number of rotatable bonds is 2. The zero-order chi connectivity index (χ0) is 12.3. The largest absolute Gasteiger partial charge is 0.397 e. The van der Waals surface area contributed by atoms with Crippen molar-refractivity contribution in [1.29, 1.82) is 0 Å². The molecule has 0 bridgehead atoms. The number of halogens is 4. The van der Waals surface area contributed by atoms with Crippen LogP contribution in [0.3, 0.4) is 0 Å². The number of nitrogens with two attached hydrogens (primary N) is 1. The summed E-state index contributed by atoms with van der Waals surface area (Å²) < 4.78 is 48.1. The third-order valence-corrected chi connectivity index (χ3v) is 1.73. The molecule has 0 aliphatic heterocycles. The van der Waals surface area contributed by atoms with Crippen molar-refractivity contribution in [2.24, 2.45) is 5.84 Å². The lowest BCUT2D eigenvalue weighted by atomic mass is 10.3. The molecule has 0 unspecified atom stereocenters. The van der Waals surface area contributed by atoms with E-state index in [0.717, 1.165) is 24.3 Å². The quantitative estimate of drug-likeness (QED) is 0.369. The van der Waals surface area contributed by atoms with Crippen LogP contribution in [-0.4, -0.2) is 12.1 Å². The third-order valence-electron chi connectivity index (χ3n) is 1.73. The Kier molecular flexibility index (Phi) is 3.48. The van der Waals surface area contributed by atoms with Crippen molar-refractivity contribution in [2.45, 2.75) is 12.6 Å². The molecule has 0 saturated carbocycles. The van der Waals surface area contributed by atoms with Crippen LogP contribution in [0.25, 0.3) is 0 Å². The van der Waals surface area contributed by atoms with Gasteiger partial charge in [-0.15, -0.1) is 0 Å². The maximum absolute atomic E-state index is 12.5. The Morgan fingerprint density at radius 1 is 1.25 bits per heavy atom. The van der Waals surface area contributed by atoms with Gasteiger partial charge in [-0.1, -0.05) is 0 Å². The average Bonchev–Trinajstić information content (AvgIpc) is 2.15. The Balaban J connectivity index is 2.74. The first-order valence-corrected chi connectivity index (χ1v) is 4.19. The van der Waals surface area contributed by atoms with Gasteiger partial charge in [0.05, 0.1) is 5.69 Å². The molecule has 0 aromatic heterocycles. The number of hydrogen-bond donors (Lipinski definition) is 1. The van der Waals surface area contributed by atoms with Crippen LogP contribution in [0.2, 0.25) is 0 Å². The summed E-state index contributed by atoms with van der Waals surface area (Å²) in [6.45, 7) is 0. The normalized spacial score (nSPS) is 11.3. The number of carbonyl (C=O) groups excluding carboxylic acids is 1. The van der Waals surface area contributed by atoms with Crippen molar-refractivity contribution < 1.29 is 22.4 Å². The van der Waals surface area contributed by atoms with Crippen LogP contribution in [0.1, 0.15) is 6.42 Å². The van der Waals surface area contributed by atoms with E-state index >= 15 is 0 Å². The molecular formula is C9H8F4N2O. The number of alkyl halides is 3. The van der Waals surface area contributed by atoms with Crippen molar-refractivity contribution in [3.8, 4) is 0 Å². The second kappa shape index (κ2) is 4.48. The van der Waals surface area contributed by atoms with Gasteiger partial charge in [0.15, 0.2) is 0 Å². The van der Waals surface area contributed by atoms with Crippen molar-refractivity contribution in [1.82, 2.24) is 0 Å². The molecule has 0 aliphatic rings. The van der Waals surface area contributed by atoms with Crippen LogP contribution in [0.15, 0.2) is 24.3 Å². The van der Waals surface area contributed by atoms with E-state index in [1.165, 1.54) is 0 Å². The zero-order valence-electron chi connectivity index (χ0n) is 7.96. The summed E-state index contributed by atoms with van der Waals surface area (Å²) in [5.74, 6) is 3.28. The summed E-state index contributed by atoms with van der Waals surface area (Å²) in [6, 6.07) is 4.22. The minimum Gasteiger partial charge on any atom is -0.273 e. The molecule has 2 N–H and O–H groups in total. The fourth-order valence-electron chi connectivity index (χ4n) is 1.00. The molecular weight excluding hydrogens is 228 g/mol. The Hall–Kier alpha value is -1.63. The molecule has 16 heavy (non-hydrogen) atoms. The topological polar surface area (TPSA) is 46.3 Å². The SMILES string of the molecule is NN(C(=O)CC(F)(F)F)c1ccc(F)cc1. The predicted octanol–water partition coefficient (Wildman–Crippen LogP) is 1.98. The van der Waals surface area contributed by atoms with Gasteiger partial charge in [0.2, 0.25) is 5.91 Å². The molecule has 1 aromatic carbocycles. The standard InChI is InChI=1S/C9H8F4N2O/c10-6-1-3-7(4-2-6)15(14)8(16)5-9(11,12)13/h1-4H,5,14H2. The highest BCUT2D eigenvalue weighted by molar-refractivity contribution is 5.92. The molecule has 0 heterocycles. The van der Waals surface area contributed by atoms with Crippen LogP contribution in [0, 0.1) is 5.82 Å². The van der Waals surface area contributed by atoms with Crippen molar-refractivity contribution in [2.75, 3.05) is 5.01 Å². The van der Waals surface area contributed by atoms with Crippen molar-refractivity contribution in [3.63, 3.8) is 0 Å². The fraction of sp³-hybridized carbons (Fsp3) is 0.222. The zero-order valence-corrected chi connectivity index (χ0v) is 7.96. The molecule has 0 atom stereocenters. The van der Waals surface area contributed by atoms with E-state index in [9.17, 15) is 22.4 Å². The molecule has 0 radical (unpaired) electrons. The molecule has 0 spiro atoms. The summed E-state index contributed by atoms with van der Waals surface area (Å²) >= 11 is 0. The van der Waals surface area contributed by atoms with Gasteiger partial charge >= 0.3 is 6.18 Å². The molecule has 88 valence electrons. The van der Waals surface area contributed by atoms with Gasteiger partial charge in [0, 0.05) is 0 Å². The minimum atomic E-state index is -4.62. The molecule has 1 rings (SSSR count). The summed E-state index contributed by atoms with van der Waals surface area (Å²) in [7, 11) is 0. The van der Waals surface area contributed by atoms with Crippen LogP contribution in [0.5, 0.6) is 0 Å². The maximum atomic E-state index is 12.5. The van der Waals surface area contributed by atoms with E-state index in [1.54, 1.807) is 0 Å².